The maximum atomic E-state index is 12.9. The fraction of sp³-hybridized carbons (Fsp3) is 0.462. The zero-order valence-electron chi connectivity index (χ0n) is 17.4. The van der Waals surface area contributed by atoms with Crippen LogP contribution in [0.3, 0.4) is 0 Å². The summed E-state index contributed by atoms with van der Waals surface area (Å²) in [7, 11) is -17.1. The van der Waals surface area contributed by atoms with E-state index in [-0.39, 0.29) is 6.07 Å². The summed E-state index contributed by atoms with van der Waals surface area (Å²) in [6.07, 6.45) is -11.9. The summed E-state index contributed by atoms with van der Waals surface area (Å²) in [5, 5.41) is 19.8. The van der Waals surface area contributed by atoms with Crippen LogP contribution in [-0.2, 0) is 37.8 Å². The molecule has 18 nitrogen and oxygen atoms in total. The predicted octanol–water partition coefficient (Wildman–Crippen LogP) is -0.934. The van der Waals surface area contributed by atoms with Crippen molar-refractivity contribution < 1.29 is 74.5 Å². The number of aliphatic hydroxyl groups excluding tert-OH is 2. The molecule has 2 aromatic heterocycles. The Morgan fingerprint density at radius 1 is 1.05 bits per heavy atom. The van der Waals surface area contributed by atoms with Crippen molar-refractivity contribution in [1.29, 1.82) is 0 Å². The molecular weight excluding hydrogens is 588 g/mol. The molecular formula is C13H15F3N3O15P3. The fourth-order valence-electron chi connectivity index (χ4n) is 3.02. The molecule has 0 radical (unpaired) electrons. The highest BCUT2D eigenvalue weighted by molar-refractivity contribution is 7.66. The molecule has 0 amide bonds. The molecule has 208 valence electrons. The molecule has 0 spiro atoms. The Labute approximate surface area is 200 Å². The van der Waals surface area contributed by atoms with Crippen molar-refractivity contribution in [3.05, 3.63) is 38.7 Å². The maximum Gasteiger partial charge on any atom is 0.490 e. The highest BCUT2D eigenvalue weighted by Crippen LogP contribution is 2.66. The number of nitrogens with one attached hydrogen (secondary N) is 1. The number of pyridine rings is 1. The molecule has 3 unspecified atom stereocenters. The third-order valence-electron chi connectivity index (χ3n) is 4.48. The Hall–Kier alpha value is -1.83. The summed E-state index contributed by atoms with van der Waals surface area (Å²) >= 11 is 0. The van der Waals surface area contributed by atoms with Gasteiger partial charge in [-0.05, 0) is 0 Å². The number of aromatic nitrogens is 3. The van der Waals surface area contributed by atoms with Crippen LogP contribution in [0, 0.1) is 0 Å². The molecule has 1 aliphatic heterocycles. The van der Waals surface area contributed by atoms with E-state index in [1.54, 1.807) is 4.98 Å². The Morgan fingerprint density at radius 3 is 2.24 bits per heavy atom. The number of hydrogen-bond acceptors (Lipinski definition) is 12. The van der Waals surface area contributed by atoms with Crippen molar-refractivity contribution in [3.8, 4) is 0 Å². The summed E-state index contributed by atoms with van der Waals surface area (Å²) in [6.45, 7) is -1.20. The van der Waals surface area contributed by atoms with Gasteiger partial charge in [-0.1, -0.05) is 0 Å². The number of fused-ring (bicyclic) bond motifs is 1. The van der Waals surface area contributed by atoms with E-state index in [0.717, 1.165) is 0 Å². The highest BCUT2D eigenvalue weighted by Gasteiger charge is 2.47. The van der Waals surface area contributed by atoms with E-state index >= 15 is 0 Å². The third-order valence-corrected chi connectivity index (χ3v) is 8.28. The number of rotatable bonds is 8. The van der Waals surface area contributed by atoms with Crippen LogP contribution in [0.25, 0.3) is 11.0 Å². The first-order chi connectivity index (χ1) is 16.7. The summed E-state index contributed by atoms with van der Waals surface area (Å²) in [4.78, 5) is 65.1. The zero-order chi connectivity index (χ0) is 28.1. The number of aromatic amines is 1. The molecule has 1 saturated heterocycles. The van der Waals surface area contributed by atoms with Crippen molar-refractivity contribution in [2.75, 3.05) is 6.61 Å². The minimum Gasteiger partial charge on any atom is -0.387 e. The molecule has 6 atom stereocenters. The van der Waals surface area contributed by atoms with E-state index in [1.807, 2.05) is 0 Å². The molecule has 3 rings (SSSR count). The molecule has 1 aliphatic rings. The van der Waals surface area contributed by atoms with E-state index in [9.17, 15) is 51.6 Å². The van der Waals surface area contributed by atoms with Gasteiger partial charge in [0.2, 0.25) is 0 Å². The van der Waals surface area contributed by atoms with Gasteiger partial charge < -0.3 is 39.5 Å². The maximum absolute atomic E-state index is 12.9. The van der Waals surface area contributed by atoms with Gasteiger partial charge in [0.05, 0.1) is 12.0 Å². The van der Waals surface area contributed by atoms with E-state index in [1.165, 1.54) is 0 Å². The molecule has 24 heteroatoms. The van der Waals surface area contributed by atoms with Gasteiger partial charge in [0, 0.05) is 12.3 Å². The number of hydrogen-bond donors (Lipinski definition) is 7. The van der Waals surface area contributed by atoms with Gasteiger partial charge >= 0.3 is 35.3 Å². The molecule has 0 aromatic carbocycles. The molecule has 0 aliphatic carbocycles. The van der Waals surface area contributed by atoms with Gasteiger partial charge in [0.15, 0.2) is 11.7 Å². The fourth-order valence-corrected chi connectivity index (χ4v) is 6.05. The summed E-state index contributed by atoms with van der Waals surface area (Å²) in [5.41, 5.74) is -4.82. The molecule has 1 fully saturated rings. The summed E-state index contributed by atoms with van der Waals surface area (Å²) in [6, 6.07) is 0.186. The topological polar surface area (TPSA) is 277 Å². The number of H-pyrrole nitrogens is 1. The van der Waals surface area contributed by atoms with E-state index in [0.29, 0.717) is 10.8 Å². The average molecular weight is 603 g/mol. The lowest BCUT2D eigenvalue weighted by Crippen LogP contribution is -2.36. The van der Waals surface area contributed by atoms with Crippen LogP contribution >= 0.6 is 23.5 Å². The molecule has 3 heterocycles. The quantitative estimate of drug-likeness (QED) is 0.179. The van der Waals surface area contributed by atoms with Crippen molar-refractivity contribution in [2.24, 2.45) is 0 Å². The Kier molecular flexibility index (Phi) is 8.07. The number of ether oxygens (including phenoxy) is 1. The van der Waals surface area contributed by atoms with E-state index in [4.69, 9.17) is 19.4 Å². The minimum atomic E-state index is -5.84. The van der Waals surface area contributed by atoms with Gasteiger partial charge in [-0.3, -0.25) is 13.9 Å². The van der Waals surface area contributed by atoms with E-state index in [2.05, 4.69) is 18.1 Å². The number of nitrogens with zero attached hydrogens (tertiary/aromatic N) is 2. The second-order valence-corrected chi connectivity index (χ2v) is 11.6. The monoisotopic (exact) mass is 603 g/mol. The van der Waals surface area contributed by atoms with Crippen LogP contribution in [0.15, 0.2) is 21.9 Å². The standard InChI is InChI=1S/C13H15F3N3O15P3/c14-13(15,16)7-1-5(20)4-2-19(12(23)18-10(4)17-7)11-9(22)8(21)6(32-11)3-31-36(27,28)34-37(29,30)33-35(24,25)26/h1-2,6,8-9,11,21-22H,3H2,(H,27,28)(H,29,30)(H,17,18,23)(H2,24,25,26)/t6-,8?,9+,11-/m1/s1. The average Bonchev–Trinajstić information content (AvgIpc) is 2.96. The number of alkyl halides is 3. The van der Waals surface area contributed by atoms with Crippen molar-refractivity contribution >= 4 is 34.5 Å². The van der Waals surface area contributed by atoms with Gasteiger partial charge in [-0.2, -0.15) is 26.8 Å². The predicted molar refractivity (Wildman–Crippen MR) is 107 cm³/mol. The van der Waals surface area contributed by atoms with Gasteiger partial charge in [0.1, 0.15) is 29.7 Å². The zero-order valence-corrected chi connectivity index (χ0v) is 20.1. The smallest absolute Gasteiger partial charge is 0.387 e. The van der Waals surface area contributed by atoms with Crippen molar-refractivity contribution in [1.82, 2.24) is 14.5 Å². The number of halogens is 3. The summed E-state index contributed by atoms with van der Waals surface area (Å²) < 4.78 is 89.3. The first-order valence-corrected chi connectivity index (χ1v) is 13.7. The lowest BCUT2D eigenvalue weighted by molar-refractivity contribution is -0.141. The van der Waals surface area contributed by atoms with Crippen LogP contribution in [0.4, 0.5) is 13.2 Å². The second kappa shape index (κ2) is 10.0. The van der Waals surface area contributed by atoms with Crippen molar-refractivity contribution in [2.45, 2.75) is 30.7 Å². The minimum absolute atomic E-state index is 0.186. The number of phosphoric ester groups is 1. The van der Waals surface area contributed by atoms with Crippen LogP contribution in [-0.4, -0.2) is 69.2 Å². The van der Waals surface area contributed by atoms with E-state index < -0.39 is 88.6 Å². The van der Waals surface area contributed by atoms with Gasteiger partial charge in [-0.15, -0.1) is 0 Å². The normalized spacial score (nSPS) is 26.2. The molecule has 7 N–H and O–H groups in total. The molecule has 0 bridgehead atoms. The highest BCUT2D eigenvalue weighted by atomic mass is 31.3. The second-order valence-electron chi connectivity index (χ2n) is 7.17. The van der Waals surface area contributed by atoms with Crippen LogP contribution in [0.1, 0.15) is 11.9 Å². The molecule has 0 saturated carbocycles. The first-order valence-electron chi connectivity index (χ1n) is 9.22. The van der Waals surface area contributed by atoms with Crippen LogP contribution in [0.5, 0.6) is 0 Å². The lowest BCUT2D eigenvalue weighted by Gasteiger charge is -2.19. The van der Waals surface area contributed by atoms with Gasteiger partial charge in [-0.25, -0.2) is 18.5 Å². The molecule has 37 heavy (non-hydrogen) atoms. The SMILES string of the molecule is O=c1cc(C(F)(F)F)[nH]c2nc(=O)n([C@@H]3O[C@H](COP(=O)(O)OP(=O)(O)OP(=O)(O)O)C(O)[C@@H]3O)cc12. The lowest BCUT2D eigenvalue weighted by atomic mass is 10.1. The van der Waals surface area contributed by atoms with Crippen molar-refractivity contribution in [3.63, 3.8) is 0 Å². The number of aliphatic hydroxyl groups is 2. The number of phosphoric acid groups is 3. The Bertz CT molecular complexity index is 1450. The Morgan fingerprint density at radius 2 is 1.68 bits per heavy atom. The Balaban J connectivity index is 1.81. The largest absolute Gasteiger partial charge is 0.490 e. The van der Waals surface area contributed by atoms with Crippen LogP contribution in [0.2, 0.25) is 0 Å². The summed E-state index contributed by atoms with van der Waals surface area (Å²) in [5.74, 6) is 0. The van der Waals surface area contributed by atoms with Gasteiger partial charge in [0.25, 0.3) is 0 Å². The third kappa shape index (κ3) is 7.18. The van der Waals surface area contributed by atoms with Crippen LogP contribution < -0.4 is 11.1 Å². The first kappa shape index (κ1) is 29.7. The molecule has 2 aromatic rings.